The molecule has 0 amide bonds. The molecule has 0 aromatic carbocycles. The summed E-state index contributed by atoms with van der Waals surface area (Å²) in [5.74, 6) is -0.924. The molecule has 0 rings (SSSR count). The van der Waals surface area contributed by atoms with Crippen molar-refractivity contribution >= 4 is 5.97 Å². The van der Waals surface area contributed by atoms with Crippen LogP contribution in [-0.2, 0) is 4.79 Å². The highest BCUT2D eigenvalue weighted by atomic mass is 16.4. The highest BCUT2D eigenvalue weighted by Gasteiger charge is 2.15. The second-order valence-corrected chi connectivity index (χ2v) is 2.99. The highest BCUT2D eigenvalue weighted by molar-refractivity contribution is 5.70. The van der Waals surface area contributed by atoms with Gasteiger partial charge >= 0.3 is 5.97 Å². The molecule has 1 unspecified atom stereocenters. The second-order valence-electron chi connectivity index (χ2n) is 2.99. The van der Waals surface area contributed by atoms with Gasteiger partial charge in [-0.3, -0.25) is 4.79 Å². The lowest BCUT2D eigenvalue weighted by molar-refractivity contribution is -0.141. The van der Waals surface area contributed by atoms with Crippen molar-refractivity contribution in [3.63, 3.8) is 0 Å². The zero-order chi connectivity index (χ0) is 8.85. The van der Waals surface area contributed by atoms with Gasteiger partial charge in [0.2, 0.25) is 0 Å². The summed E-state index contributed by atoms with van der Waals surface area (Å²) in [6.45, 7) is 7.56. The summed E-state index contributed by atoms with van der Waals surface area (Å²) < 4.78 is 0. The van der Waals surface area contributed by atoms with Crippen molar-refractivity contribution in [3.8, 4) is 0 Å². The summed E-state index contributed by atoms with van der Waals surface area (Å²) in [5.41, 5.74) is 0.950. The quantitative estimate of drug-likeness (QED) is 0.621. The summed E-state index contributed by atoms with van der Waals surface area (Å²) in [7, 11) is 0. The van der Waals surface area contributed by atoms with Crippen molar-refractivity contribution in [2.45, 2.75) is 33.1 Å². The van der Waals surface area contributed by atoms with Gasteiger partial charge in [0.15, 0.2) is 0 Å². The van der Waals surface area contributed by atoms with E-state index in [0.29, 0.717) is 6.42 Å². The smallest absolute Gasteiger partial charge is 0.306 e. The van der Waals surface area contributed by atoms with E-state index < -0.39 is 5.97 Å². The largest absolute Gasteiger partial charge is 0.481 e. The fraction of sp³-hybridized carbons (Fsp3) is 0.667. The zero-order valence-electron chi connectivity index (χ0n) is 7.26. The number of carboxylic acids is 1. The van der Waals surface area contributed by atoms with Crippen molar-refractivity contribution in [2.24, 2.45) is 5.92 Å². The first-order valence-electron chi connectivity index (χ1n) is 3.95. The number of hydrogen-bond acceptors (Lipinski definition) is 1. The lowest BCUT2D eigenvalue weighted by Gasteiger charge is -2.09. The van der Waals surface area contributed by atoms with Crippen LogP contribution in [-0.4, -0.2) is 11.1 Å². The Bertz CT molecular complexity index is 150. The fourth-order valence-corrected chi connectivity index (χ4v) is 1.08. The van der Waals surface area contributed by atoms with Gasteiger partial charge in [0.25, 0.3) is 0 Å². The Morgan fingerprint density at radius 3 is 2.45 bits per heavy atom. The molecule has 0 aliphatic carbocycles. The van der Waals surface area contributed by atoms with Crippen LogP contribution in [0.3, 0.4) is 0 Å². The molecule has 2 heteroatoms. The maximum absolute atomic E-state index is 10.6. The Hall–Kier alpha value is -0.790. The van der Waals surface area contributed by atoms with Gasteiger partial charge in [-0.05, 0) is 19.8 Å². The Labute approximate surface area is 67.9 Å². The monoisotopic (exact) mass is 156 g/mol. The van der Waals surface area contributed by atoms with Gasteiger partial charge in [0, 0.05) is 0 Å². The maximum atomic E-state index is 10.6. The lowest BCUT2D eigenvalue weighted by atomic mass is 9.97. The van der Waals surface area contributed by atoms with Crippen molar-refractivity contribution < 1.29 is 9.90 Å². The van der Waals surface area contributed by atoms with E-state index in [1.807, 2.05) is 13.8 Å². The molecule has 0 aromatic heterocycles. The number of carboxylic acid groups (broad SMARTS) is 1. The third-order valence-corrected chi connectivity index (χ3v) is 1.58. The van der Waals surface area contributed by atoms with Crippen LogP contribution in [0.4, 0.5) is 0 Å². The lowest BCUT2D eigenvalue weighted by Crippen LogP contribution is -2.13. The number of carbonyl (C=O) groups is 1. The average Bonchev–Trinajstić information content (AvgIpc) is 1.86. The third kappa shape index (κ3) is 4.59. The number of rotatable bonds is 5. The molecule has 64 valence electrons. The Kier molecular flexibility index (Phi) is 4.59. The normalized spacial score (nSPS) is 12.5. The number of allylic oxidation sites excluding steroid dienone is 1. The van der Waals surface area contributed by atoms with Gasteiger partial charge < -0.3 is 5.11 Å². The molecular formula is C9H16O2. The summed E-state index contributed by atoms with van der Waals surface area (Å²) >= 11 is 0. The Balaban J connectivity index is 3.89. The third-order valence-electron chi connectivity index (χ3n) is 1.58. The minimum absolute atomic E-state index is 0.225. The first kappa shape index (κ1) is 10.2. The first-order valence-corrected chi connectivity index (χ1v) is 3.95. The molecule has 0 aliphatic rings. The minimum atomic E-state index is -0.699. The minimum Gasteiger partial charge on any atom is -0.481 e. The topological polar surface area (TPSA) is 37.3 Å². The molecule has 1 atom stereocenters. The molecule has 2 nitrogen and oxygen atoms in total. The molecule has 0 fully saturated rings. The standard InChI is InChI=1S/C9H16O2/c1-4-5-8(9(10)11)6-7(2)3/h8H,2,4-6H2,1,3H3,(H,10,11). The molecule has 1 N–H and O–H groups in total. The van der Waals surface area contributed by atoms with Crippen LogP contribution in [0.15, 0.2) is 12.2 Å². The van der Waals surface area contributed by atoms with E-state index in [2.05, 4.69) is 6.58 Å². The van der Waals surface area contributed by atoms with E-state index in [1.165, 1.54) is 0 Å². The van der Waals surface area contributed by atoms with Crippen LogP contribution in [0.5, 0.6) is 0 Å². The van der Waals surface area contributed by atoms with Gasteiger partial charge in [-0.15, -0.1) is 6.58 Å². The molecule has 11 heavy (non-hydrogen) atoms. The van der Waals surface area contributed by atoms with Gasteiger partial charge in [0.05, 0.1) is 5.92 Å². The average molecular weight is 156 g/mol. The predicted octanol–water partition coefficient (Wildman–Crippen LogP) is 2.45. The van der Waals surface area contributed by atoms with Crippen LogP contribution in [0, 0.1) is 5.92 Å². The Morgan fingerprint density at radius 2 is 2.18 bits per heavy atom. The van der Waals surface area contributed by atoms with Crippen LogP contribution < -0.4 is 0 Å². The SMILES string of the molecule is C=C(C)CC(CCC)C(=O)O. The number of aliphatic carboxylic acids is 1. The maximum Gasteiger partial charge on any atom is 0.306 e. The zero-order valence-corrected chi connectivity index (χ0v) is 7.26. The van der Waals surface area contributed by atoms with E-state index in [1.54, 1.807) is 0 Å². The highest BCUT2D eigenvalue weighted by Crippen LogP contribution is 2.15. The molecule has 0 saturated heterocycles. The van der Waals surface area contributed by atoms with Crippen LogP contribution in [0.1, 0.15) is 33.1 Å². The summed E-state index contributed by atoms with van der Waals surface area (Å²) in [5, 5.41) is 8.71. The fourth-order valence-electron chi connectivity index (χ4n) is 1.08. The molecule has 0 heterocycles. The summed E-state index contributed by atoms with van der Waals surface area (Å²) in [6.07, 6.45) is 2.29. The summed E-state index contributed by atoms with van der Waals surface area (Å²) in [4.78, 5) is 10.6. The second kappa shape index (κ2) is 4.94. The number of hydrogen-bond donors (Lipinski definition) is 1. The van der Waals surface area contributed by atoms with Crippen LogP contribution in [0.2, 0.25) is 0 Å². The van der Waals surface area contributed by atoms with E-state index in [0.717, 1.165) is 18.4 Å². The van der Waals surface area contributed by atoms with Crippen molar-refractivity contribution in [3.05, 3.63) is 12.2 Å². The van der Waals surface area contributed by atoms with E-state index >= 15 is 0 Å². The van der Waals surface area contributed by atoms with E-state index in [9.17, 15) is 4.79 Å². The Morgan fingerprint density at radius 1 is 1.64 bits per heavy atom. The van der Waals surface area contributed by atoms with Crippen LogP contribution in [0.25, 0.3) is 0 Å². The predicted molar refractivity (Wildman–Crippen MR) is 45.5 cm³/mol. The van der Waals surface area contributed by atoms with Crippen molar-refractivity contribution in [1.82, 2.24) is 0 Å². The van der Waals surface area contributed by atoms with E-state index in [4.69, 9.17) is 5.11 Å². The van der Waals surface area contributed by atoms with Gasteiger partial charge in [-0.1, -0.05) is 18.9 Å². The van der Waals surface area contributed by atoms with Gasteiger partial charge in [0.1, 0.15) is 0 Å². The molecular weight excluding hydrogens is 140 g/mol. The molecule has 0 aromatic rings. The van der Waals surface area contributed by atoms with Gasteiger partial charge in [-0.25, -0.2) is 0 Å². The van der Waals surface area contributed by atoms with Gasteiger partial charge in [-0.2, -0.15) is 0 Å². The van der Waals surface area contributed by atoms with Crippen molar-refractivity contribution in [1.29, 1.82) is 0 Å². The van der Waals surface area contributed by atoms with Crippen molar-refractivity contribution in [2.75, 3.05) is 0 Å². The van der Waals surface area contributed by atoms with E-state index in [-0.39, 0.29) is 5.92 Å². The molecule has 0 spiro atoms. The summed E-state index contributed by atoms with van der Waals surface area (Å²) in [6, 6.07) is 0. The molecule has 0 radical (unpaired) electrons. The first-order chi connectivity index (χ1) is 5.07. The molecule has 0 aliphatic heterocycles. The van der Waals surface area contributed by atoms with Crippen LogP contribution >= 0.6 is 0 Å². The molecule has 0 bridgehead atoms. The molecule has 0 saturated carbocycles.